The molecule has 0 aliphatic carbocycles. The molecule has 0 atom stereocenters. The summed E-state index contributed by atoms with van der Waals surface area (Å²) in [6.45, 7) is 8.88. The topological polar surface area (TPSA) is 47.4 Å². The van der Waals surface area contributed by atoms with E-state index in [0.29, 0.717) is 13.1 Å². The molecule has 0 radical (unpaired) electrons. The molecule has 104 valence electrons. The van der Waals surface area contributed by atoms with Gasteiger partial charge in [0.25, 0.3) is 0 Å². The molecule has 5 nitrogen and oxygen atoms in total. The van der Waals surface area contributed by atoms with Gasteiger partial charge in [-0.2, -0.15) is 0 Å². The second-order valence-electron chi connectivity index (χ2n) is 5.72. The Morgan fingerprint density at radius 3 is 2.63 bits per heavy atom. The standard InChI is InChI=1S/C14H21N3O2/c1-11-15-7-10-17(11)12-5-8-16(9-6-12)13(18)19-14(2,3)4/h5,7,10H,6,8-9H2,1-4H3. The van der Waals surface area contributed by atoms with Crippen LogP contribution in [0.3, 0.4) is 0 Å². The first-order valence-corrected chi connectivity index (χ1v) is 6.54. The fourth-order valence-electron chi connectivity index (χ4n) is 2.05. The highest BCUT2D eigenvalue weighted by molar-refractivity contribution is 5.69. The Balaban J connectivity index is 2.00. The molecule has 1 aliphatic heterocycles. The molecule has 2 rings (SSSR count). The molecule has 0 unspecified atom stereocenters. The first-order chi connectivity index (χ1) is 8.87. The average molecular weight is 263 g/mol. The molecule has 0 aromatic carbocycles. The van der Waals surface area contributed by atoms with Crippen LogP contribution in [0.15, 0.2) is 18.5 Å². The van der Waals surface area contributed by atoms with Crippen LogP contribution in [-0.4, -0.2) is 39.2 Å². The lowest BCUT2D eigenvalue weighted by Crippen LogP contribution is -2.39. The fourth-order valence-corrected chi connectivity index (χ4v) is 2.05. The molecule has 0 spiro atoms. The van der Waals surface area contributed by atoms with E-state index in [1.54, 1.807) is 11.1 Å². The molecule has 0 saturated heterocycles. The zero-order chi connectivity index (χ0) is 14.0. The lowest BCUT2D eigenvalue weighted by atomic mass is 10.2. The van der Waals surface area contributed by atoms with Gasteiger partial charge in [0.1, 0.15) is 11.4 Å². The van der Waals surface area contributed by atoms with Crippen LogP contribution in [-0.2, 0) is 4.74 Å². The molecule has 1 aromatic heterocycles. The molecule has 0 bridgehead atoms. The smallest absolute Gasteiger partial charge is 0.410 e. The maximum absolute atomic E-state index is 11.9. The summed E-state index contributed by atoms with van der Waals surface area (Å²) in [5, 5.41) is 0. The molecule has 1 aliphatic rings. The van der Waals surface area contributed by atoms with E-state index in [1.165, 1.54) is 5.70 Å². The Bertz CT molecular complexity index is 497. The van der Waals surface area contributed by atoms with Gasteiger partial charge in [-0.05, 0) is 33.8 Å². The van der Waals surface area contributed by atoms with Gasteiger partial charge in [0.05, 0.1) is 0 Å². The minimum atomic E-state index is -0.442. The number of ether oxygens (including phenoxy) is 1. The van der Waals surface area contributed by atoms with Crippen molar-refractivity contribution in [3.8, 4) is 0 Å². The molecule has 0 N–H and O–H groups in total. The molecule has 0 fully saturated rings. The summed E-state index contributed by atoms with van der Waals surface area (Å²) in [6, 6.07) is 0. The quantitative estimate of drug-likeness (QED) is 0.782. The summed E-state index contributed by atoms with van der Waals surface area (Å²) < 4.78 is 7.43. The van der Waals surface area contributed by atoms with E-state index in [4.69, 9.17) is 4.74 Å². The monoisotopic (exact) mass is 263 g/mol. The van der Waals surface area contributed by atoms with E-state index < -0.39 is 5.60 Å². The highest BCUT2D eigenvalue weighted by Crippen LogP contribution is 2.19. The minimum absolute atomic E-state index is 0.245. The molecule has 1 aromatic rings. The van der Waals surface area contributed by atoms with E-state index in [9.17, 15) is 4.79 Å². The van der Waals surface area contributed by atoms with Crippen molar-refractivity contribution in [3.05, 3.63) is 24.3 Å². The van der Waals surface area contributed by atoms with Crippen LogP contribution in [0, 0.1) is 6.92 Å². The number of imidazole rings is 1. The van der Waals surface area contributed by atoms with E-state index in [1.807, 2.05) is 33.9 Å². The summed E-state index contributed by atoms with van der Waals surface area (Å²) in [6.07, 6.45) is 6.37. The maximum atomic E-state index is 11.9. The number of amides is 1. The van der Waals surface area contributed by atoms with E-state index in [-0.39, 0.29) is 6.09 Å². The second-order valence-corrected chi connectivity index (χ2v) is 5.72. The number of aromatic nitrogens is 2. The first-order valence-electron chi connectivity index (χ1n) is 6.54. The van der Waals surface area contributed by atoms with Crippen LogP contribution >= 0.6 is 0 Å². The summed E-state index contributed by atoms with van der Waals surface area (Å²) in [5.74, 6) is 0.969. The number of carbonyl (C=O) groups excluding carboxylic acids is 1. The Hall–Kier alpha value is -1.78. The molecular weight excluding hydrogens is 242 g/mol. The zero-order valence-corrected chi connectivity index (χ0v) is 12.0. The molecule has 1 amide bonds. The van der Waals surface area contributed by atoms with Gasteiger partial charge >= 0.3 is 6.09 Å². The van der Waals surface area contributed by atoms with Gasteiger partial charge in [-0.3, -0.25) is 0 Å². The average Bonchev–Trinajstić information content (AvgIpc) is 2.73. The number of hydrogen-bond donors (Lipinski definition) is 0. The van der Waals surface area contributed by atoms with E-state index in [2.05, 4.69) is 15.6 Å². The van der Waals surface area contributed by atoms with Gasteiger partial charge in [-0.1, -0.05) is 0 Å². The van der Waals surface area contributed by atoms with Crippen molar-refractivity contribution in [2.75, 3.05) is 13.1 Å². The van der Waals surface area contributed by atoms with Gasteiger partial charge in [-0.15, -0.1) is 0 Å². The second kappa shape index (κ2) is 5.07. The lowest BCUT2D eigenvalue weighted by Gasteiger charge is -2.29. The highest BCUT2D eigenvalue weighted by atomic mass is 16.6. The summed E-state index contributed by atoms with van der Waals surface area (Å²) >= 11 is 0. The number of rotatable bonds is 1. The predicted molar refractivity (Wildman–Crippen MR) is 73.7 cm³/mol. The number of hydrogen-bond acceptors (Lipinski definition) is 3. The SMILES string of the molecule is Cc1nccn1C1=CCN(C(=O)OC(C)(C)C)CC1. The Kier molecular flexibility index (Phi) is 3.64. The van der Waals surface area contributed by atoms with Crippen LogP contribution in [0.25, 0.3) is 5.70 Å². The van der Waals surface area contributed by atoms with Crippen molar-refractivity contribution in [2.45, 2.75) is 39.7 Å². The molecule has 2 heterocycles. The van der Waals surface area contributed by atoms with Gasteiger partial charge in [-0.25, -0.2) is 9.78 Å². The van der Waals surface area contributed by atoms with Gasteiger partial charge in [0, 0.05) is 37.6 Å². The Labute approximate surface area is 113 Å². The van der Waals surface area contributed by atoms with Crippen molar-refractivity contribution in [1.82, 2.24) is 14.5 Å². The third kappa shape index (κ3) is 3.36. The van der Waals surface area contributed by atoms with Crippen LogP contribution < -0.4 is 0 Å². The molecule has 0 saturated carbocycles. The molecule has 5 heteroatoms. The predicted octanol–water partition coefficient (Wildman–Crippen LogP) is 2.67. The Morgan fingerprint density at radius 2 is 2.16 bits per heavy atom. The zero-order valence-electron chi connectivity index (χ0n) is 12.0. The van der Waals surface area contributed by atoms with Crippen LogP contribution in [0.4, 0.5) is 4.79 Å². The van der Waals surface area contributed by atoms with Gasteiger partial charge in [0.15, 0.2) is 0 Å². The van der Waals surface area contributed by atoms with Crippen LogP contribution in [0.5, 0.6) is 0 Å². The van der Waals surface area contributed by atoms with Crippen molar-refractivity contribution in [3.63, 3.8) is 0 Å². The Morgan fingerprint density at radius 1 is 1.42 bits per heavy atom. The third-order valence-electron chi connectivity index (χ3n) is 2.97. The summed E-state index contributed by atoms with van der Waals surface area (Å²) in [4.78, 5) is 17.9. The van der Waals surface area contributed by atoms with E-state index in [0.717, 1.165) is 12.2 Å². The van der Waals surface area contributed by atoms with Crippen LogP contribution in [0.2, 0.25) is 0 Å². The number of carbonyl (C=O) groups is 1. The first kappa shape index (κ1) is 13.6. The largest absolute Gasteiger partial charge is 0.444 e. The minimum Gasteiger partial charge on any atom is -0.444 e. The van der Waals surface area contributed by atoms with Crippen molar-refractivity contribution in [2.24, 2.45) is 0 Å². The van der Waals surface area contributed by atoms with Gasteiger partial charge in [0.2, 0.25) is 0 Å². The molecule has 19 heavy (non-hydrogen) atoms. The number of nitrogens with zero attached hydrogens (tertiary/aromatic N) is 3. The third-order valence-corrected chi connectivity index (χ3v) is 2.97. The van der Waals surface area contributed by atoms with Crippen LogP contribution in [0.1, 0.15) is 33.0 Å². The summed E-state index contributed by atoms with van der Waals surface area (Å²) in [5.41, 5.74) is 0.747. The fraction of sp³-hybridized carbons (Fsp3) is 0.571. The number of aryl methyl sites for hydroxylation is 1. The molecular formula is C14H21N3O2. The lowest BCUT2D eigenvalue weighted by molar-refractivity contribution is 0.0269. The highest BCUT2D eigenvalue weighted by Gasteiger charge is 2.24. The van der Waals surface area contributed by atoms with Gasteiger partial charge < -0.3 is 14.2 Å². The van der Waals surface area contributed by atoms with Crippen molar-refractivity contribution >= 4 is 11.8 Å². The normalized spacial score (nSPS) is 16.2. The summed E-state index contributed by atoms with van der Waals surface area (Å²) in [7, 11) is 0. The van der Waals surface area contributed by atoms with Crippen molar-refractivity contribution < 1.29 is 9.53 Å². The maximum Gasteiger partial charge on any atom is 0.410 e. The van der Waals surface area contributed by atoms with E-state index >= 15 is 0 Å². The van der Waals surface area contributed by atoms with Crippen molar-refractivity contribution in [1.29, 1.82) is 0 Å².